The van der Waals surface area contributed by atoms with Crippen LogP contribution in [-0.4, -0.2) is 63.2 Å². The number of amides is 2. The SMILES string of the molecule is CCS(=O)(=O)Nc1ccc(C(=O)N2CCC(C(=O)NCC3CCCO3)CC2)cc1. The molecule has 3 rings (SSSR count). The standard InChI is InChI=1S/C20H29N3O5S/c1-2-29(26,27)22-17-7-5-16(6-8-17)20(25)23-11-9-15(10-12-23)19(24)21-14-18-4-3-13-28-18/h5-8,15,18,22H,2-4,9-14H2,1H3,(H,21,24). The second-order valence-electron chi connectivity index (χ2n) is 7.53. The Hall–Kier alpha value is -2.13. The van der Waals surface area contributed by atoms with E-state index in [9.17, 15) is 18.0 Å². The molecule has 2 N–H and O–H groups in total. The van der Waals surface area contributed by atoms with Crippen molar-refractivity contribution in [3.63, 3.8) is 0 Å². The Balaban J connectivity index is 1.47. The number of nitrogens with zero attached hydrogens (tertiary/aromatic N) is 1. The van der Waals surface area contributed by atoms with Crippen molar-refractivity contribution < 1.29 is 22.7 Å². The van der Waals surface area contributed by atoms with Crippen molar-refractivity contribution in [3.05, 3.63) is 29.8 Å². The van der Waals surface area contributed by atoms with E-state index in [1.165, 1.54) is 0 Å². The van der Waals surface area contributed by atoms with E-state index in [1.54, 1.807) is 36.1 Å². The highest BCUT2D eigenvalue weighted by atomic mass is 32.2. The zero-order valence-corrected chi connectivity index (χ0v) is 17.5. The van der Waals surface area contributed by atoms with Crippen molar-refractivity contribution in [1.29, 1.82) is 0 Å². The summed E-state index contributed by atoms with van der Waals surface area (Å²) in [6.45, 7) is 3.95. The summed E-state index contributed by atoms with van der Waals surface area (Å²) >= 11 is 0. The quantitative estimate of drug-likeness (QED) is 0.693. The molecule has 0 radical (unpaired) electrons. The van der Waals surface area contributed by atoms with E-state index in [4.69, 9.17) is 4.74 Å². The second kappa shape index (κ2) is 9.58. The van der Waals surface area contributed by atoms with Gasteiger partial charge in [0.1, 0.15) is 0 Å². The van der Waals surface area contributed by atoms with E-state index in [-0.39, 0.29) is 29.6 Å². The van der Waals surface area contributed by atoms with Gasteiger partial charge < -0.3 is 15.0 Å². The van der Waals surface area contributed by atoms with Crippen LogP contribution in [0.2, 0.25) is 0 Å². The average Bonchev–Trinajstić information content (AvgIpc) is 3.25. The number of hydrogen-bond donors (Lipinski definition) is 2. The Bertz CT molecular complexity index is 811. The minimum atomic E-state index is -3.34. The molecule has 0 bridgehead atoms. The van der Waals surface area contributed by atoms with Crippen molar-refractivity contribution in [2.24, 2.45) is 5.92 Å². The fourth-order valence-corrected chi connectivity index (χ4v) is 4.26. The molecule has 160 valence electrons. The van der Waals surface area contributed by atoms with Gasteiger partial charge in [0.2, 0.25) is 15.9 Å². The smallest absolute Gasteiger partial charge is 0.253 e. The van der Waals surface area contributed by atoms with Crippen LogP contribution in [0.4, 0.5) is 5.69 Å². The summed E-state index contributed by atoms with van der Waals surface area (Å²) in [7, 11) is -3.34. The van der Waals surface area contributed by atoms with Crippen molar-refractivity contribution >= 4 is 27.5 Å². The Kier molecular flexibility index (Phi) is 7.13. The Labute approximate surface area is 172 Å². The first-order valence-corrected chi connectivity index (χ1v) is 11.8. The normalized spacial score (nSPS) is 20.4. The van der Waals surface area contributed by atoms with Crippen LogP contribution >= 0.6 is 0 Å². The molecule has 2 fully saturated rings. The summed E-state index contributed by atoms with van der Waals surface area (Å²) in [4.78, 5) is 26.8. The van der Waals surface area contributed by atoms with Crippen LogP contribution in [0.25, 0.3) is 0 Å². The maximum absolute atomic E-state index is 12.7. The molecule has 0 aromatic heterocycles. The number of anilines is 1. The summed E-state index contributed by atoms with van der Waals surface area (Å²) in [6.07, 6.45) is 3.44. The molecule has 2 aliphatic heterocycles. The van der Waals surface area contributed by atoms with Crippen LogP contribution in [0.5, 0.6) is 0 Å². The number of ether oxygens (including phenoxy) is 1. The third-order valence-corrected chi connectivity index (χ3v) is 6.77. The van der Waals surface area contributed by atoms with Crippen molar-refractivity contribution in [2.75, 3.05) is 36.7 Å². The van der Waals surface area contributed by atoms with Gasteiger partial charge in [-0.1, -0.05) is 0 Å². The summed E-state index contributed by atoms with van der Waals surface area (Å²) in [5.41, 5.74) is 0.941. The molecule has 1 atom stereocenters. The lowest BCUT2D eigenvalue weighted by atomic mass is 9.95. The van der Waals surface area contributed by atoms with Crippen molar-refractivity contribution in [1.82, 2.24) is 10.2 Å². The number of rotatable bonds is 7. The van der Waals surface area contributed by atoms with Gasteiger partial charge in [-0.3, -0.25) is 14.3 Å². The molecule has 9 heteroatoms. The van der Waals surface area contributed by atoms with Crippen LogP contribution in [0.15, 0.2) is 24.3 Å². The molecule has 0 spiro atoms. The predicted molar refractivity (Wildman–Crippen MR) is 110 cm³/mol. The minimum absolute atomic E-state index is 0.0100. The first kappa shape index (κ1) is 21.6. The lowest BCUT2D eigenvalue weighted by Gasteiger charge is -2.31. The van der Waals surface area contributed by atoms with Crippen LogP contribution in [0.1, 0.15) is 43.0 Å². The highest BCUT2D eigenvalue weighted by Crippen LogP contribution is 2.21. The zero-order valence-electron chi connectivity index (χ0n) is 16.7. The van der Waals surface area contributed by atoms with Gasteiger partial charge in [0.05, 0.1) is 11.9 Å². The van der Waals surface area contributed by atoms with E-state index in [2.05, 4.69) is 10.0 Å². The summed E-state index contributed by atoms with van der Waals surface area (Å²) in [5, 5.41) is 2.98. The Morgan fingerprint density at radius 3 is 2.41 bits per heavy atom. The molecule has 1 aromatic rings. The van der Waals surface area contributed by atoms with E-state index >= 15 is 0 Å². The molecular weight excluding hydrogens is 394 g/mol. The zero-order chi connectivity index (χ0) is 20.9. The molecule has 1 unspecified atom stereocenters. The van der Waals surface area contributed by atoms with E-state index in [0.29, 0.717) is 43.7 Å². The third-order valence-electron chi connectivity index (χ3n) is 5.47. The highest BCUT2D eigenvalue weighted by Gasteiger charge is 2.28. The van der Waals surface area contributed by atoms with E-state index in [0.717, 1.165) is 19.4 Å². The number of sulfonamides is 1. The van der Waals surface area contributed by atoms with E-state index in [1.807, 2.05) is 0 Å². The maximum atomic E-state index is 12.7. The lowest BCUT2D eigenvalue weighted by molar-refractivity contribution is -0.126. The number of likely N-dealkylation sites (tertiary alicyclic amines) is 1. The number of carbonyl (C=O) groups is 2. The summed E-state index contributed by atoms with van der Waals surface area (Å²) in [6, 6.07) is 6.42. The van der Waals surface area contributed by atoms with Gasteiger partial charge in [0.25, 0.3) is 5.91 Å². The highest BCUT2D eigenvalue weighted by molar-refractivity contribution is 7.92. The summed E-state index contributed by atoms with van der Waals surface area (Å²) in [5.74, 6) is -0.149. The number of nitrogens with one attached hydrogen (secondary N) is 2. The topological polar surface area (TPSA) is 105 Å². The molecule has 2 amide bonds. The number of piperidine rings is 1. The summed E-state index contributed by atoms with van der Waals surface area (Å²) < 4.78 is 31.2. The lowest BCUT2D eigenvalue weighted by Crippen LogP contribution is -2.44. The van der Waals surface area contributed by atoms with Gasteiger partial charge in [0.15, 0.2) is 0 Å². The van der Waals surface area contributed by atoms with Crippen molar-refractivity contribution in [2.45, 2.75) is 38.7 Å². The Morgan fingerprint density at radius 2 is 1.83 bits per heavy atom. The molecule has 2 heterocycles. The predicted octanol–water partition coefficient (Wildman–Crippen LogP) is 1.60. The van der Waals surface area contributed by atoms with Crippen LogP contribution in [0.3, 0.4) is 0 Å². The fourth-order valence-electron chi connectivity index (χ4n) is 3.62. The van der Waals surface area contributed by atoms with Gasteiger partial charge in [-0.15, -0.1) is 0 Å². The Morgan fingerprint density at radius 1 is 1.14 bits per heavy atom. The van der Waals surface area contributed by atoms with Gasteiger partial charge in [0, 0.05) is 43.4 Å². The largest absolute Gasteiger partial charge is 0.376 e. The van der Waals surface area contributed by atoms with Gasteiger partial charge in [-0.05, 0) is 56.9 Å². The molecule has 29 heavy (non-hydrogen) atoms. The molecule has 0 saturated carbocycles. The first-order valence-electron chi connectivity index (χ1n) is 10.2. The minimum Gasteiger partial charge on any atom is -0.376 e. The number of carbonyl (C=O) groups excluding carboxylic acids is 2. The number of benzene rings is 1. The molecule has 0 aliphatic carbocycles. The second-order valence-corrected chi connectivity index (χ2v) is 9.54. The molecule has 8 nitrogen and oxygen atoms in total. The first-order chi connectivity index (χ1) is 13.9. The molecular formula is C20H29N3O5S. The maximum Gasteiger partial charge on any atom is 0.253 e. The van der Waals surface area contributed by atoms with Gasteiger partial charge in [-0.2, -0.15) is 0 Å². The molecule has 2 saturated heterocycles. The van der Waals surface area contributed by atoms with Crippen LogP contribution in [0, 0.1) is 5.92 Å². The van der Waals surface area contributed by atoms with Gasteiger partial charge in [-0.25, -0.2) is 8.42 Å². The van der Waals surface area contributed by atoms with Crippen LogP contribution in [-0.2, 0) is 19.6 Å². The van der Waals surface area contributed by atoms with Crippen molar-refractivity contribution in [3.8, 4) is 0 Å². The monoisotopic (exact) mass is 423 g/mol. The van der Waals surface area contributed by atoms with E-state index < -0.39 is 10.0 Å². The average molecular weight is 424 g/mol. The number of hydrogen-bond acceptors (Lipinski definition) is 5. The third kappa shape index (κ3) is 5.93. The van der Waals surface area contributed by atoms with Crippen LogP contribution < -0.4 is 10.0 Å². The fraction of sp³-hybridized carbons (Fsp3) is 0.600. The van der Waals surface area contributed by atoms with Gasteiger partial charge >= 0.3 is 0 Å². The molecule has 1 aromatic carbocycles. The molecule has 2 aliphatic rings.